The molecule has 3 aromatic rings. The lowest BCUT2D eigenvalue weighted by Gasteiger charge is -2.06. The number of aromatic nitrogens is 5. The van der Waals surface area contributed by atoms with Crippen LogP contribution in [0.4, 0.5) is 0 Å². The molecule has 1 aliphatic rings. The van der Waals surface area contributed by atoms with Gasteiger partial charge in [-0.3, -0.25) is 0 Å². The number of rotatable bonds is 5. The maximum Gasteiger partial charge on any atom is 0.154 e. The smallest absolute Gasteiger partial charge is 0.154 e. The van der Waals surface area contributed by atoms with Gasteiger partial charge in [-0.05, 0) is 44.0 Å². The zero-order valence-corrected chi connectivity index (χ0v) is 13.1. The second-order valence-electron chi connectivity index (χ2n) is 5.74. The van der Waals surface area contributed by atoms with E-state index in [4.69, 9.17) is 19.4 Å². The van der Waals surface area contributed by atoms with Crippen molar-refractivity contribution in [2.45, 2.75) is 32.1 Å². The molecule has 0 radical (unpaired) electrons. The van der Waals surface area contributed by atoms with E-state index in [0.29, 0.717) is 12.3 Å². The maximum absolute atomic E-state index is 5.21. The molecule has 0 N–H and O–H groups in total. The van der Waals surface area contributed by atoms with Crippen molar-refractivity contribution in [3.63, 3.8) is 0 Å². The zero-order valence-electron chi connectivity index (χ0n) is 13.1. The molecule has 0 atom stereocenters. The number of benzene rings is 1. The molecule has 0 bridgehead atoms. The van der Waals surface area contributed by atoms with Gasteiger partial charge < -0.3 is 4.74 Å². The summed E-state index contributed by atoms with van der Waals surface area (Å²) in [5, 5.41) is 12.5. The molecule has 1 aliphatic carbocycles. The van der Waals surface area contributed by atoms with Crippen LogP contribution in [-0.4, -0.2) is 32.2 Å². The molecular formula is C16H17N5O2. The minimum Gasteiger partial charge on any atom is -0.497 e. The van der Waals surface area contributed by atoms with Crippen molar-refractivity contribution in [3.05, 3.63) is 47.3 Å². The zero-order chi connectivity index (χ0) is 15.8. The summed E-state index contributed by atoms with van der Waals surface area (Å²) in [7, 11) is 1.65. The van der Waals surface area contributed by atoms with Gasteiger partial charge in [0.15, 0.2) is 5.82 Å². The van der Waals surface area contributed by atoms with Crippen molar-refractivity contribution in [1.29, 1.82) is 0 Å². The van der Waals surface area contributed by atoms with Gasteiger partial charge in [-0.1, -0.05) is 10.3 Å². The summed E-state index contributed by atoms with van der Waals surface area (Å²) >= 11 is 0. The Morgan fingerprint density at radius 3 is 2.61 bits per heavy atom. The van der Waals surface area contributed by atoms with Gasteiger partial charge in [0, 0.05) is 5.92 Å². The van der Waals surface area contributed by atoms with E-state index in [2.05, 4.69) is 10.3 Å². The van der Waals surface area contributed by atoms with Crippen LogP contribution in [0.3, 0.4) is 0 Å². The highest BCUT2D eigenvalue weighted by Gasteiger charge is 2.29. The van der Waals surface area contributed by atoms with Gasteiger partial charge in [0.25, 0.3) is 0 Å². The van der Waals surface area contributed by atoms with Crippen molar-refractivity contribution >= 4 is 0 Å². The van der Waals surface area contributed by atoms with Gasteiger partial charge in [0.1, 0.15) is 23.0 Å². The Morgan fingerprint density at radius 1 is 1.22 bits per heavy atom. The summed E-state index contributed by atoms with van der Waals surface area (Å²) in [6, 6.07) is 7.78. The van der Waals surface area contributed by atoms with Gasteiger partial charge in [0.2, 0.25) is 0 Å². The van der Waals surface area contributed by atoms with Crippen molar-refractivity contribution < 1.29 is 9.37 Å². The van der Waals surface area contributed by atoms with Crippen molar-refractivity contribution in [1.82, 2.24) is 25.1 Å². The third kappa shape index (κ3) is 2.69. The van der Waals surface area contributed by atoms with Crippen LogP contribution in [0.15, 0.2) is 28.9 Å². The predicted molar refractivity (Wildman–Crippen MR) is 81.7 cm³/mol. The van der Waals surface area contributed by atoms with E-state index in [0.717, 1.165) is 47.3 Å². The Labute approximate surface area is 133 Å². The normalized spacial score (nSPS) is 14.2. The Bertz CT molecular complexity index is 817. The van der Waals surface area contributed by atoms with Crippen LogP contribution >= 0.6 is 0 Å². The molecule has 7 heteroatoms. The molecule has 1 saturated carbocycles. The van der Waals surface area contributed by atoms with E-state index < -0.39 is 0 Å². The Balaban J connectivity index is 1.72. The highest BCUT2D eigenvalue weighted by atomic mass is 16.6. The second kappa shape index (κ2) is 5.49. The fraction of sp³-hybridized carbons (Fsp3) is 0.375. The number of methoxy groups -OCH3 is 1. The van der Waals surface area contributed by atoms with Crippen molar-refractivity contribution in [3.8, 4) is 11.4 Å². The summed E-state index contributed by atoms with van der Waals surface area (Å²) in [6.07, 6.45) is 2.87. The molecule has 1 aromatic carbocycles. The molecule has 0 aliphatic heterocycles. The van der Waals surface area contributed by atoms with Crippen LogP contribution in [-0.2, 0) is 6.42 Å². The Morgan fingerprint density at radius 2 is 2.00 bits per heavy atom. The highest BCUT2D eigenvalue weighted by Crippen LogP contribution is 2.38. The quantitative estimate of drug-likeness (QED) is 0.720. The van der Waals surface area contributed by atoms with Crippen molar-refractivity contribution in [2.75, 3.05) is 7.11 Å². The van der Waals surface area contributed by atoms with E-state index in [1.807, 2.05) is 35.9 Å². The molecule has 2 aromatic heterocycles. The van der Waals surface area contributed by atoms with Crippen LogP contribution in [0.1, 0.15) is 41.8 Å². The average Bonchev–Trinajstić information content (AvgIpc) is 3.23. The molecule has 4 rings (SSSR count). The average molecular weight is 311 g/mol. The first-order valence-corrected chi connectivity index (χ1v) is 7.63. The van der Waals surface area contributed by atoms with Gasteiger partial charge >= 0.3 is 0 Å². The Hall–Kier alpha value is -2.70. The molecule has 0 unspecified atom stereocenters. The monoisotopic (exact) mass is 311 g/mol. The lowest BCUT2D eigenvalue weighted by Crippen LogP contribution is -2.05. The SMILES string of the molecule is COc1ccc(-n2nc(C3CC3)nc2Cc2nonc2C)cc1. The highest BCUT2D eigenvalue weighted by molar-refractivity contribution is 5.38. The third-order valence-electron chi connectivity index (χ3n) is 4.02. The number of hydrogen-bond donors (Lipinski definition) is 0. The largest absolute Gasteiger partial charge is 0.497 e. The van der Waals surface area contributed by atoms with Crippen LogP contribution in [0.25, 0.3) is 5.69 Å². The van der Waals surface area contributed by atoms with Crippen molar-refractivity contribution in [2.24, 2.45) is 0 Å². The third-order valence-corrected chi connectivity index (χ3v) is 4.02. The predicted octanol–water partition coefficient (Wildman–Crippen LogP) is 2.44. The molecule has 1 fully saturated rings. The standard InChI is InChI=1S/C16H17N5O2/c1-10-14(20-23-19-10)9-15-17-16(11-3-4-11)18-21(15)12-5-7-13(22-2)8-6-12/h5-8,11H,3-4,9H2,1-2H3. The summed E-state index contributed by atoms with van der Waals surface area (Å²) in [4.78, 5) is 4.72. The number of aryl methyl sites for hydroxylation is 1. The van der Waals surface area contributed by atoms with Crippen LogP contribution in [0.5, 0.6) is 5.75 Å². The lowest BCUT2D eigenvalue weighted by atomic mass is 10.2. The van der Waals surface area contributed by atoms with E-state index in [1.165, 1.54) is 0 Å². The summed E-state index contributed by atoms with van der Waals surface area (Å²) in [6.45, 7) is 1.88. The molecule has 0 amide bonds. The minimum absolute atomic E-state index is 0.491. The number of ether oxygens (including phenoxy) is 1. The van der Waals surface area contributed by atoms with Gasteiger partial charge in [-0.25, -0.2) is 14.3 Å². The first-order valence-electron chi connectivity index (χ1n) is 7.63. The molecule has 23 heavy (non-hydrogen) atoms. The molecule has 2 heterocycles. The first-order chi connectivity index (χ1) is 11.2. The minimum atomic E-state index is 0.491. The summed E-state index contributed by atoms with van der Waals surface area (Å²) in [5.41, 5.74) is 2.52. The topological polar surface area (TPSA) is 78.9 Å². The van der Waals surface area contributed by atoms with E-state index in [1.54, 1.807) is 7.11 Å². The summed E-state index contributed by atoms with van der Waals surface area (Å²) in [5.74, 6) is 3.06. The summed E-state index contributed by atoms with van der Waals surface area (Å²) < 4.78 is 11.9. The van der Waals surface area contributed by atoms with E-state index in [-0.39, 0.29) is 0 Å². The van der Waals surface area contributed by atoms with Crippen LogP contribution < -0.4 is 4.74 Å². The van der Waals surface area contributed by atoms with Gasteiger partial charge in [-0.2, -0.15) is 5.10 Å². The number of hydrogen-bond acceptors (Lipinski definition) is 6. The molecule has 0 spiro atoms. The maximum atomic E-state index is 5.21. The number of nitrogens with zero attached hydrogens (tertiary/aromatic N) is 5. The molecule has 7 nitrogen and oxygen atoms in total. The van der Waals surface area contributed by atoms with E-state index in [9.17, 15) is 0 Å². The lowest BCUT2D eigenvalue weighted by molar-refractivity contribution is 0.301. The van der Waals surface area contributed by atoms with Crippen LogP contribution in [0, 0.1) is 6.92 Å². The molecular weight excluding hydrogens is 294 g/mol. The fourth-order valence-corrected chi connectivity index (χ4v) is 2.48. The molecule has 0 saturated heterocycles. The van der Waals surface area contributed by atoms with Crippen LogP contribution in [0.2, 0.25) is 0 Å². The molecule has 118 valence electrons. The van der Waals surface area contributed by atoms with Gasteiger partial charge in [-0.15, -0.1) is 0 Å². The van der Waals surface area contributed by atoms with E-state index >= 15 is 0 Å². The Kier molecular flexibility index (Phi) is 3.33. The first kappa shape index (κ1) is 13.9. The second-order valence-corrected chi connectivity index (χ2v) is 5.74. The fourth-order valence-electron chi connectivity index (χ4n) is 2.48. The van der Waals surface area contributed by atoms with Gasteiger partial charge in [0.05, 0.1) is 19.2 Å².